The summed E-state index contributed by atoms with van der Waals surface area (Å²) in [6.07, 6.45) is 1.59. The van der Waals surface area contributed by atoms with Crippen LogP contribution in [0, 0.1) is 0 Å². The summed E-state index contributed by atoms with van der Waals surface area (Å²) in [5.74, 6) is -0.489. The van der Waals surface area contributed by atoms with Crippen LogP contribution in [-0.4, -0.2) is 57.7 Å². The maximum atomic E-state index is 12.9. The number of methoxy groups -OCH3 is 3. The molecule has 1 aromatic carbocycles. The molecule has 0 spiro atoms. The third-order valence-electron chi connectivity index (χ3n) is 3.98. The predicted octanol–water partition coefficient (Wildman–Crippen LogP) is 1.34. The number of aliphatic carboxylic acids is 1. The van der Waals surface area contributed by atoms with Crippen molar-refractivity contribution in [2.45, 2.75) is 30.2 Å². The molecule has 0 amide bonds. The molecule has 0 saturated carbocycles. The van der Waals surface area contributed by atoms with Gasteiger partial charge < -0.3 is 19.3 Å². The van der Waals surface area contributed by atoms with Crippen molar-refractivity contribution in [2.75, 3.05) is 27.9 Å². The third-order valence-corrected chi connectivity index (χ3v) is 5.87. The lowest BCUT2D eigenvalue weighted by Crippen LogP contribution is -2.47. The van der Waals surface area contributed by atoms with Crippen molar-refractivity contribution >= 4 is 16.0 Å². The van der Waals surface area contributed by atoms with Gasteiger partial charge in [-0.3, -0.25) is 4.79 Å². The fourth-order valence-corrected chi connectivity index (χ4v) is 4.46. The summed E-state index contributed by atoms with van der Waals surface area (Å²) >= 11 is 0. The fraction of sp³-hybridized carbons (Fsp3) is 0.533. The number of hydrogen-bond acceptors (Lipinski definition) is 6. The van der Waals surface area contributed by atoms with Crippen LogP contribution in [0.4, 0.5) is 0 Å². The van der Waals surface area contributed by atoms with Crippen LogP contribution in [0.3, 0.4) is 0 Å². The van der Waals surface area contributed by atoms with Gasteiger partial charge in [0.2, 0.25) is 15.8 Å². The van der Waals surface area contributed by atoms with Crippen LogP contribution < -0.4 is 14.2 Å². The zero-order valence-corrected chi connectivity index (χ0v) is 14.6. The molecule has 0 radical (unpaired) electrons. The van der Waals surface area contributed by atoms with Crippen molar-refractivity contribution in [3.8, 4) is 17.2 Å². The van der Waals surface area contributed by atoms with Gasteiger partial charge in [-0.2, -0.15) is 4.31 Å². The van der Waals surface area contributed by atoms with Gasteiger partial charge in [0.1, 0.15) is 6.04 Å². The number of hydrogen-bond donors (Lipinski definition) is 1. The molecule has 0 aromatic heterocycles. The first-order valence-electron chi connectivity index (χ1n) is 7.41. The SMILES string of the molecule is COc1cc(S(=O)(=O)N2CCCCC2C(=O)O)cc(OC)c1OC. The van der Waals surface area contributed by atoms with E-state index in [1.54, 1.807) is 0 Å². The van der Waals surface area contributed by atoms with Crippen molar-refractivity contribution in [3.05, 3.63) is 12.1 Å². The molecule has 0 bridgehead atoms. The summed E-state index contributed by atoms with van der Waals surface area (Å²) in [4.78, 5) is 11.3. The molecule has 1 aromatic rings. The van der Waals surface area contributed by atoms with E-state index in [0.717, 1.165) is 4.31 Å². The van der Waals surface area contributed by atoms with Crippen LogP contribution in [0.1, 0.15) is 19.3 Å². The highest BCUT2D eigenvalue weighted by Crippen LogP contribution is 2.40. The van der Waals surface area contributed by atoms with Crippen LogP contribution >= 0.6 is 0 Å². The minimum absolute atomic E-state index is 0.0925. The van der Waals surface area contributed by atoms with Gasteiger partial charge in [-0.25, -0.2) is 8.42 Å². The molecule has 1 aliphatic heterocycles. The Morgan fingerprint density at radius 3 is 2.17 bits per heavy atom. The van der Waals surface area contributed by atoms with E-state index in [9.17, 15) is 18.3 Å². The Morgan fingerprint density at radius 1 is 1.12 bits per heavy atom. The van der Waals surface area contributed by atoms with E-state index in [2.05, 4.69) is 0 Å². The van der Waals surface area contributed by atoms with Gasteiger partial charge in [0.25, 0.3) is 0 Å². The molecule has 134 valence electrons. The molecule has 24 heavy (non-hydrogen) atoms. The van der Waals surface area contributed by atoms with Crippen LogP contribution in [-0.2, 0) is 14.8 Å². The quantitative estimate of drug-likeness (QED) is 0.817. The minimum atomic E-state index is -4.01. The Hall–Kier alpha value is -2.00. The smallest absolute Gasteiger partial charge is 0.322 e. The van der Waals surface area contributed by atoms with Gasteiger partial charge in [-0.15, -0.1) is 0 Å². The second-order valence-corrected chi connectivity index (χ2v) is 7.22. The average molecular weight is 359 g/mol. The highest BCUT2D eigenvalue weighted by atomic mass is 32.2. The lowest BCUT2D eigenvalue weighted by molar-refractivity contribution is -0.142. The van der Waals surface area contributed by atoms with Crippen LogP contribution in [0.15, 0.2) is 17.0 Å². The van der Waals surface area contributed by atoms with Gasteiger partial charge in [0.15, 0.2) is 11.5 Å². The monoisotopic (exact) mass is 359 g/mol. The average Bonchev–Trinajstić information content (AvgIpc) is 2.60. The molecule has 9 heteroatoms. The Bertz CT molecular complexity index is 692. The Balaban J connectivity index is 2.54. The molecule has 0 aliphatic carbocycles. The van der Waals surface area contributed by atoms with Gasteiger partial charge in [0.05, 0.1) is 26.2 Å². The summed E-state index contributed by atoms with van der Waals surface area (Å²) in [5.41, 5.74) is 0. The van der Waals surface area contributed by atoms with E-state index in [0.29, 0.717) is 19.3 Å². The molecular formula is C15H21NO7S. The Labute approximate surface area is 141 Å². The first-order valence-corrected chi connectivity index (χ1v) is 8.85. The van der Waals surface area contributed by atoms with Gasteiger partial charge in [0, 0.05) is 18.7 Å². The molecule has 1 saturated heterocycles. The largest absolute Gasteiger partial charge is 0.493 e. The van der Waals surface area contributed by atoms with E-state index < -0.39 is 22.0 Å². The fourth-order valence-electron chi connectivity index (χ4n) is 2.78. The van der Waals surface area contributed by atoms with E-state index >= 15 is 0 Å². The molecule has 1 N–H and O–H groups in total. The first-order chi connectivity index (χ1) is 11.4. The number of piperidine rings is 1. The molecular weight excluding hydrogens is 338 g/mol. The second kappa shape index (κ2) is 7.27. The van der Waals surface area contributed by atoms with Crippen molar-refractivity contribution in [1.29, 1.82) is 0 Å². The third kappa shape index (κ3) is 3.27. The van der Waals surface area contributed by atoms with Crippen LogP contribution in [0.2, 0.25) is 0 Å². The van der Waals surface area contributed by atoms with Gasteiger partial charge in [-0.05, 0) is 19.3 Å². The number of sulfonamides is 1. The number of carboxylic acid groups (broad SMARTS) is 1. The molecule has 1 atom stereocenters. The van der Waals surface area contributed by atoms with Crippen LogP contribution in [0.5, 0.6) is 17.2 Å². The second-order valence-electron chi connectivity index (χ2n) is 5.33. The summed E-state index contributed by atoms with van der Waals surface area (Å²) in [6.45, 7) is 0.163. The number of rotatable bonds is 6. The zero-order chi connectivity index (χ0) is 17.9. The number of ether oxygens (including phenoxy) is 3. The molecule has 8 nitrogen and oxygen atoms in total. The van der Waals surface area contributed by atoms with Crippen LogP contribution in [0.25, 0.3) is 0 Å². The van der Waals surface area contributed by atoms with Crippen molar-refractivity contribution < 1.29 is 32.5 Å². The summed E-state index contributed by atoms with van der Waals surface area (Å²) in [6, 6.07) is 1.55. The molecule has 1 heterocycles. The van der Waals surface area contributed by atoms with E-state index in [-0.39, 0.29) is 28.7 Å². The number of nitrogens with zero attached hydrogens (tertiary/aromatic N) is 1. The predicted molar refractivity (Wildman–Crippen MR) is 85.3 cm³/mol. The van der Waals surface area contributed by atoms with Gasteiger partial charge >= 0.3 is 5.97 Å². The summed E-state index contributed by atoms with van der Waals surface area (Å²) in [7, 11) is 0.174. The van der Waals surface area contributed by atoms with E-state index in [1.807, 2.05) is 0 Å². The normalized spacial score (nSPS) is 18.9. The maximum Gasteiger partial charge on any atom is 0.322 e. The number of benzene rings is 1. The van der Waals surface area contributed by atoms with Gasteiger partial charge in [-0.1, -0.05) is 0 Å². The Kier molecular flexibility index (Phi) is 5.55. The molecule has 1 fully saturated rings. The maximum absolute atomic E-state index is 12.9. The van der Waals surface area contributed by atoms with Crippen molar-refractivity contribution in [3.63, 3.8) is 0 Å². The van der Waals surface area contributed by atoms with Crippen molar-refractivity contribution in [2.24, 2.45) is 0 Å². The lowest BCUT2D eigenvalue weighted by atomic mass is 10.1. The standard InChI is InChI=1S/C15H21NO7S/c1-21-12-8-10(9-13(22-2)14(12)23-3)24(19,20)16-7-5-4-6-11(16)15(17)18/h8-9,11H,4-7H2,1-3H3,(H,17,18). The molecule has 2 rings (SSSR count). The lowest BCUT2D eigenvalue weighted by Gasteiger charge is -2.32. The molecule has 1 unspecified atom stereocenters. The minimum Gasteiger partial charge on any atom is -0.493 e. The zero-order valence-electron chi connectivity index (χ0n) is 13.8. The van der Waals surface area contributed by atoms with E-state index in [4.69, 9.17) is 14.2 Å². The highest BCUT2D eigenvalue weighted by Gasteiger charge is 2.38. The Morgan fingerprint density at radius 2 is 1.71 bits per heavy atom. The topological polar surface area (TPSA) is 102 Å². The highest BCUT2D eigenvalue weighted by molar-refractivity contribution is 7.89. The number of carbonyl (C=O) groups is 1. The first kappa shape index (κ1) is 18.3. The summed E-state index contributed by atoms with van der Waals surface area (Å²) < 4.78 is 42.4. The molecule has 1 aliphatic rings. The summed E-state index contributed by atoms with van der Waals surface area (Å²) in [5, 5.41) is 9.33. The van der Waals surface area contributed by atoms with Crippen molar-refractivity contribution in [1.82, 2.24) is 4.31 Å². The number of carboxylic acids is 1. The van der Waals surface area contributed by atoms with E-state index in [1.165, 1.54) is 33.5 Å².